The van der Waals surface area contributed by atoms with Gasteiger partial charge in [-0.1, -0.05) is 0 Å². The average Bonchev–Trinajstić information content (AvgIpc) is 2.89. The largest absolute Gasteiger partial charge is 0.506 e. The van der Waals surface area contributed by atoms with Gasteiger partial charge in [0.15, 0.2) is 5.65 Å². The average molecular weight is 307 g/mol. The lowest BCUT2D eigenvalue weighted by Crippen LogP contribution is -2.14. The molecule has 0 atom stereocenters. The zero-order valence-corrected chi connectivity index (χ0v) is 12.6. The van der Waals surface area contributed by atoms with E-state index < -0.39 is 0 Å². The molecular formula is C16H13N5O2. The van der Waals surface area contributed by atoms with E-state index in [1.54, 1.807) is 10.6 Å². The quantitative estimate of drug-likeness (QED) is 0.579. The Hall–Kier alpha value is -3.22. The smallest absolute Gasteiger partial charge is 0.258 e. The van der Waals surface area contributed by atoms with Crippen molar-refractivity contribution in [2.75, 3.05) is 0 Å². The van der Waals surface area contributed by atoms with E-state index in [9.17, 15) is 9.90 Å². The van der Waals surface area contributed by atoms with Gasteiger partial charge in [-0.05, 0) is 37.6 Å². The monoisotopic (exact) mass is 307 g/mol. The van der Waals surface area contributed by atoms with Crippen LogP contribution in [-0.2, 0) is 0 Å². The zero-order chi connectivity index (χ0) is 16.1. The molecule has 4 aromatic rings. The van der Waals surface area contributed by atoms with Gasteiger partial charge in [0.05, 0.1) is 23.8 Å². The van der Waals surface area contributed by atoms with Gasteiger partial charge in [-0.25, -0.2) is 14.5 Å². The molecule has 0 saturated heterocycles. The fraction of sp³-hybridized carbons (Fsp3) is 0.125. The number of hydrogen-bond donors (Lipinski definition) is 1. The molecule has 0 bridgehead atoms. The maximum atomic E-state index is 12.2. The molecule has 0 unspecified atom stereocenters. The van der Waals surface area contributed by atoms with Crippen LogP contribution < -0.4 is 5.56 Å². The topological polar surface area (TPSA) is 84.8 Å². The number of pyridine rings is 1. The number of nitrogens with zero attached hydrogens (tertiary/aromatic N) is 5. The molecule has 23 heavy (non-hydrogen) atoms. The van der Waals surface area contributed by atoms with E-state index in [0.717, 1.165) is 16.9 Å². The van der Waals surface area contributed by atoms with Crippen molar-refractivity contribution in [2.45, 2.75) is 13.8 Å². The Kier molecular flexibility index (Phi) is 2.71. The molecule has 4 rings (SSSR count). The predicted molar refractivity (Wildman–Crippen MR) is 84.6 cm³/mol. The lowest BCUT2D eigenvalue weighted by molar-refractivity contribution is 0.471. The summed E-state index contributed by atoms with van der Waals surface area (Å²) < 4.78 is 2.99. The predicted octanol–water partition coefficient (Wildman–Crippen LogP) is 1.73. The molecule has 1 N–H and O–H groups in total. The van der Waals surface area contributed by atoms with E-state index >= 15 is 0 Å². The molecule has 0 fully saturated rings. The maximum Gasteiger partial charge on any atom is 0.258 e. The van der Waals surface area contributed by atoms with Crippen molar-refractivity contribution < 1.29 is 5.11 Å². The van der Waals surface area contributed by atoms with Crippen LogP contribution in [0.15, 0.2) is 41.5 Å². The van der Waals surface area contributed by atoms with Crippen LogP contribution in [0.2, 0.25) is 0 Å². The Labute approximate surface area is 130 Å². The molecule has 0 aliphatic carbocycles. The SMILES string of the molecule is Cc1cn2nc(-c3cc(=O)n4cc(O)ccc4n3)cc(C)c2n1. The van der Waals surface area contributed by atoms with Gasteiger partial charge in [-0.3, -0.25) is 9.20 Å². The Balaban J connectivity index is 1.98. The van der Waals surface area contributed by atoms with Gasteiger partial charge in [0.1, 0.15) is 17.1 Å². The number of hydrogen-bond acceptors (Lipinski definition) is 5. The standard InChI is InChI=1S/C16H13N5O2/c1-9-5-13(19-21-7-10(2)17-16(9)21)12-6-15(23)20-8-11(22)3-4-14(20)18-12/h3-8,22H,1-2H3. The molecule has 0 spiro atoms. The number of aryl methyl sites for hydroxylation is 2. The van der Waals surface area contributed by atoms with Gasteiger partial charge in [-0.15, -0.1) is 0 Å². The highest BCUT2D eigenvalue weighted by molar-refractivity contribution is 5.61. The fourth-order valence-electron chi connectivity index (χ4n) is 2.59. The second kappa shape index (κ2) is 4.64. The molecule has 0 aromatic carbocycles. The van der Waals surface area contributed by atoms with Gasteiger partial charge in [0, 0.05) is 6.07 Å². The van der Waals surface area contributed by atoms with Crippen LogP contribution in [0.4, 0.5) is 0 Å². The Morgan fingerprint density at radius 2 is 1.87 bits per heavy atom. The minimum atomic E-state index is -0.276. The second-order valence-electron chi connectivity index (χ2n) is 5.46. The van der Waals surface area contributed by atoms with Gasteiger partial charge in [0.2, 0.25) is 0 Å². The van der Waals surface area contributed by atoms with E-state index in [0.29, 0.717) is 17.0 Å². The highest BCUT2D eigenvalue weighted by atomic mass is 16.3. The van der Waals surface area contributed by atoms with Crippen molar-refractivity contribution in [2.24, 2.45) is 0 Å². The molecule has 0 aliphatic rings. The molecule has 0 aliphatic heterocycles. The van der Waals surface area contributed by atoms with Crippen LogP contribution >= 0.6 is 0 Å². The highest BCUT2D eigenvalue weighted by Gasteiger charge is 2.11. The fourth-order valence-corrected chi connectivity index (χ4v) is 2.59. The summed E-state index contributed by atoms with van der Waals surface area (Å²) in [7, 11) is 0. The van der Waals surface area contributed by atoms with Gasteiger partial charge < -0.3 is 5.11 Å². The lowest BCUT2D eigenvalue weighted by atomic mass is 10.2. The number of aromatic hydroxyl groups is 1. The van der Waals surface area contributed by atoms with Crippen molar-refractivity contribution in [3.63, 3.8) is 0 Å². The summed E-state index contributed by atoms with van der Waals surface area (Å²) in [4.78, 5) is 21.1. The van der Waals surface area contributed by atoms with Gasteiger partial charge in [0.25, 0.3) is 5.56 Å². The lowest BCUT2D eigenvalue weighted by Gasteiger charge is -2.06. The third-order valence-corrected chi connectivity index (χ3v) is 3.64. The van der Waals surface area contributed by atoms with E-state index in [-0.39, 0.29) is 11.3 Å². The summed E-state index contributed by atoms with van der Waals surface area (Å²) in [5.74, 6) is 0.0124. The molecule has 7 nitrogen and oxygen atoms in total. The van der Waals surface area contributed by atoms with Crippen LogP contribution in [0, 0.1) is 13.8 Å². The van der Waals surface area contributed by atoms with Crippen molar-refractivity contribution in [1.82, 2.24) is 24.0 Å². The van der Waals surface area contributed by atoms with Crippen LogP contribution in [0.1, 0.15) is 11.3 Å². The summed E-state index contributed by atoms with van der Waals surface area (Å²) >= 11 is 0. The second-order valence-corrected chi connectivity index (χ2v) is 5.46. The van der Waals surface area contributed by atoms with Crippen molar-refractivity contribution in [1.29, 1.82) is 0 Å². The molecule has 114 valence electrons. The summed E-state index contributed by atoms with van der Waals surface area (Å²) in [6.45, 7) is 3.85. The molecule has 7 heteroatoms. The van der Waals surface area contributed by atoms with Crippen molar-refractivity contribution in [3.8, 4) is 17.1 Å². The minimum Gasteiger partial charge on any atom is -0.506 e. The minimum absolute atomic E-state index is 0.0124. The van der Waals surface area contributed by atoms with Crippen LogP contribution in [0.5, 0.6) is 5.75 Å². The number of rotatable bonds is 1. The first-order valence-electron chi connectivity index (χ1n) is 7.08. The molecule has 4 aromatic heterocycles. The molecule has 4 heterocycles. The molecule has 0 radical (unpaired) electrons. The normalized spacial score (nSPS) is 11.4. The Morgan fingerprint density at radius 3 is 2.70 bits per heavy atom. The molecule has 0 saturated carbocycles. The van der Waals surface area contributed by atoms with Crippen molar-refractivity contribution in [3.05, 3.63) is 58.3 Å². The zero-order valence-electron chi connectivity index (χ0n) is 12.6. The number of imidazole rings is 1. The van der Waals surface area contributed by atoms with E-state index in [4.69, 9.17) is 0 Å². The summed E-state index contributed by atoms with van der Waals surface area (Å²) in [5, 5.41) is 14.0. The third kappa shape index (κ3) is 2.13. The van der Waals surface area contributed by atoms with Crippen LogP contribution in [0.3, 0.4) is 0 Å². The van der Waals surface area contributed by atoms with E-state index in [1.807, 2.05) is 26.1 Å². The Bertz CT molecular complexity index is 1130. The van der Waals surface area contributed by atoms with Crippen LogP contribution in [-0.4, -0.2) is 29.1 Å². The number of aromatic nitrogens is 5. The highest BCUT2D eigenvalue weighted by Crippen LogP contribution is 2.19. The number of fused-ring (bicyclic) bond motifs is 2. The van der Waals surface area contributed by atoms with E-state index in [2.05, 4.69) is 15.1 Å². The first-order valence-corrected chi connectivity index (χ1v) is 7.08. The summed E-state index contributed by atoms with van der Waals surface area (Å²) in [6, 6.07) is 6.35. The third-order valence-electron chi connectivity index (χ3n) is 3.64. The van der Waals surface area contributed by atoms with Gasteiger partial charge in [-0.2, -0.15) is 5.10 Å². The molecular weight excluding hydrogens is 294 g/mol. The Morgan fingerprint density at radius 1 is 1.04 bits per heavy atom. The summed E-state index contributed by atoms with van der Waals surface area (Å²) in [6.07, 6.45) is 3.17. The van der Waals surface area contributed by atoms with Crippen molar-refractivity contribution >= 4 is 11.3 Å². The maximum absolute atomic E-state index is 12.2. The van der Waals surface area contributed by atoms with Gasteiger partial charge >= 0.3 is 0 Å². The van der Waals surface area contributed by atoms with Crippen LogP contribution in [0.25, 0.3) is 22.7 Å². The first-order chi connectivity index (χ1) is 11.0. The molecule has 0 amide bonds. The van der Waals surface area contributed by atoms with E-state index in [1.165, 1.54) is 22.7 Å². The first kappa shape index (κ1) is 13.4. The summed E-state index contributed by atoms with van der Waals surface area (Å²) in [5.41, 5.74) is 3.87.